The normalized spacial score (nSPS) is 11.2. The summed E-state index contributed by atoms with van der Waals surface area (Å²) in [6.07, 6.45) is 0. The van der Waals surface area contributed by atoms with Crippen LogP contribution in [0.1, 0.15) is 1.43 Å². The number of halogens is 3. The summed E-state index contributed by atoms with van der Waals surface area (Å²) in [6, 6.07) is 0. The molecule has 52 valence electrons. The Morgan fingerprint density at radius 1 is 1.30 bits per heavy atom. The summed E-state index contributed by atoms with van der Waals surface area (Å²) in [4.78, 5) is 0. The van der Waals surface area contributed by atoms with Gasteiger partial charge in [-0.3, -0.25) is 0 Å². The molecule has 3 nitrogen and oxygen atoms in total. The molecule has 0 aliphatic heterocycles. The number of hydrogen-bond donors (Lipinski definition) is 0. The van der Waals surface area contributed by atoms with Crippen LogP contribution in [0.25, 0.3) is 0 Å². The van der Waals surface area contributed by atoms with E-state index in [9.17, 15) is 13.2 Å². The minimum Gasteiger partial charge on any atom is -1.00 e. The molecule has 10 heavy (non-hydrogen) atoms. The summed E-state index contributed by atoms with van der Waals surface area (Å²) in [5.74, 6) is 0. The van der Waals surface area contributed by atoms with E-state index in [1.54, 1.807) is 0 Å². The van der Waals surface area contributed by atoms with Gasteiger partial charge in [0.05, 0.1) is 0 Å². The van der Waals surface area contributed by atoms with Crippen molar-refractivity contribution < 1.29 is 76.0 Å². The molecule has 0 atom stereocenters. The maximum atomic E-state index is 10.7. The molecule has 0 aromatic heterocycles. The van der Waals surface area contributed by atoms with Crippen LogP contribution in [0.15, 0.2) is 0 Å². The van der Waals surface area contributed by atoms with E-state index < -0.39 is 15.6 Å². The van der Waals surface area contributed by atoms with E-state index in [1.165, 1.54) is 0 Å². The predicted octanol–water partition coefficient (Wildman–Crippen LogP) is -5.83. The SMILES string of the molecule is O=S(=O)([O-])C(F)(F)F.[H-].[Li+].[Na+]. The van der Waals surface area contributed by atoms with E-state index in [2.05, 4.69) is 0 Å². The summed E-state index contributed by atoms with van der Waals surface area (Å²) in [6.45, 7) is 0. The maximum Gasteiger partial charge on any atom is 1.00 e. The van der Waals surface area contributed by atoms with Gasteiger partial charge in [0.15, 0.2) is 10.1 Å². The molecule has 0 spiro atoms. The molecule has 0 saturated heterocycles. The topological polar surface area (TPSA) is 57.2 Å². The molecule has 0 aliphatic carbocycles. The molecule has 0 aliphatic rings. The zero-order chi connectivity index (χ0) is 7.00. The van der Waals surface area contributed by atoms with Crippen LogP contribution in [0.2, 0.25) is 0 Å². The maximum absolute atomic E-state index is 10.7. The van der Waals surface area contributed by atoms with Crippen LogP contribution in [0.5, 0.6) is 0 Å². The summed E-state index contributed by atoms with van der Waals surface area (Å²) >= 11 is 0. The molecule has 0 heterocycles. The Labute approximate surface area is 91.1 Å². The molecule has 0 N–H and O–H groups in total. The van der Waals surface area contributed by atoms with Gasteiger partial charge >= 0.3 is 53.9 Å². The van der Waals surface area contributed by atoms with Crippen molar-refractivity contribution in [2.24, 2.45) is 0 Å². The molecule has 0 rings (SSSR count). The summed E-state index contributed by atoms with van der Waals surface area (Å²) in [5, 5.41) is 0. The van der Waals surface area contributed by atoms with Gasteiger partial charge < -0.3 is 5.98 Å². The van der Waals surface area contributed by atoms with Crippen molar-refractivity contribution in [1.29, 1.82) is 0 Å². The Kier molecular flexibility index (Phi) is 8.76. The third kappa shape index (κ3) is 6.04. The van der Waals surface area contributed by atoms with Crippen LogP contribution < -0.4 is 48.4 Å². The average molecular weight is 180 g/mol. The Hall–Kier alpha value is 1.30. The average Bonchev–Trinajstić information content (AvgIpc) is 1.25. The molecule has 0 aromatic rings. The van der Waals surface area contributed by atoms with Crippen molar-refractivity contribution in [2.75, 3.05) is 0 Å². The van der Waals surface area contributed by atoms with Gasteiger partial charge in [0.1, 0.15) is 0 Å². The van der Waals surface area contributed by atoms with Gasteiger partial charge in [-0.05, 0) is 0 Å². The monoisotopic (exact) mass is 180 g/mol. The second kappa shape index (κ2) is 5.03. The first kappa shape index (κ1) is 17.4. The fourth-order valence-corrected chi connectivity index (χ4v) is 0. The van der Waals surface area contributed by atoms with Crippen molar-refractivity contribution >= 4 is 10.1 Å². The molecular formula is CHF3LiNaO3S. The molecule has 0 fully saturated rings. The predicted molar refractivity (Wildman–Crippen MR) is 16.9 cm³/mol. The van der Waals surface area contributed by atoms with Crippen LogP contribution in [0, 0.1) is 0 Å². The van der Waals surface area contributed by atoms with Crippen molar-refractivity contribution in [3.63, 3.8) is 0 Å². The van der Waals surface area contributed by atoms with Crippen LogP contribution in [0.3, 0.4) is 0 Å². The molecule has 0 radical (unpaired) electrons. The summed E-state index contributed by atoms with van der Waals surface area (Å²) in [5.41, 5.74) is -5.65. The van der Waals surface area contributed by atoms with Crippen molar-refractivity contribution in [3.05, 3.63) is 0 Å². The van der Waals surface area contributed by atoms with Crippen LogP contribution in [0.4, 0.5) is 13.2 Å². The largest absolute Gasteiger partial charge is 1.00 e. The van der Waals surface area contributed by atoms with Crippen LogP contribution in [-0.4, -0.2) is 18.5 Å². The van der Waals surface area contributed by atoms with E-state index >= 15 is 0 Å². The third-order valence-electron chi connectivity index (χ3n) is 0.283. The second-order valence-corrected chi connectivity index (χ2v) is 2.27. The first-order valence-corrected chi connectivity index (χ1v) is 2.68. The van der Waals surface area contributed by atoms with Gasteiger partial charge in [0.2, 0.25) is 0 Å². The molecule has 0 bridgehead atoms. The minimum absolute atomic E-state index is 0. The van der Waals surface area contributed by atoms with Gasteiger partial charge in [0, 0.05) is 0 Å². The van der Waals surface area contributed by atoms with Crippen molar-refractivity contribution in [3.8, 4) is 0 Å². The fraction of sp³-hybridized carbons (Fsp3) is 1.00. The Balaban J connectivity index is -0.0000000817. The Bertz CT molecular complexity index is 178. The Morgan fingerprint density at radius 2 is 1.40 bits per heavy atom. The standard InChI is InChI=1S/CHF3O3S.Li.Na.H/c2-1(3,4)8(5,6)7;;;/h(H,5,6,7);;;/q;2*+1;-1/p-1. The van der Waals surface area contributed by atoms with Gasteiger partial charge in [-0.1, -0.05) is 0 Å². The minimum atomic E-state index is -6.09. The summed E-state index contributed by atoms with van der Waals surface area (Å²) < 4.78 is 58.9. The smallest absolute Gasteiger partial charge is 1.00 e. The molecule has 0 amide bonds. The Morgan fingerprint density at radius 3 is 1.40 bits per heavy atom. The van der Waals surface area contributed by atoms with E-state index in [1.807, 2.05) is 0 Å². The van der Waals surface area contributed by atoms with E-state index in [0.29, 0.717) is 0 Å². The third-order valence-corrected chi connectivity index (χ3v) is 0.850. The molecule has 9 heteroatoms. The van der Waals surface area contributed by atoms with Gasteiger partial charge in [0.25, 0.3) is 0 Å². The van der Waals surface area contributed by atoms with Crippen molar-refractivity contribution in [1.82, 2.24) is 0 Å². The van der Waals surface area contributed by atoms with Gasteiger partial charge in [-0.2, -0.15) is 13.2 Å². The van der Waals surface area contributed by atoms with Gasteiger partial charge in [-0.25, -0.2) is 8.42 Å². The second-order valence-electron chi connectivity index (χ2n) is 0.900. The zero-order valence-corrected chi connectivity index (χ0v) is 8.08. The number of hydrogen-bond acceptors (Lipinski definition) is 3. The van der Waals surface area contributed by atoms with E-state index in [0.717, 1.165) is 0 Å². The molecule has 0 saturated carbocycles. The van der Waals surface area contributed by atoms with Crippen LogP contribution >= 0.6 is 0 Å². The van der Waals surface area contributed by atoms with Crippen molar-refractivity contribution in [2.45, 2.75) is 5.51 Å². The first-order chi connectivity index (χ1) is 3.25. The number of alkyl halides is 3. The first-order valence-electron chi connectivity index (χ1n) is 1.27. The van der Waals surface area contributed by atoms with Crippen LogP contribution in [-0.2, 0) is 10.1 Å². The quantitative estimate of drug-likeness (QED) is 0.212. The fourth-order valence-electron chi connectivity index (χ4n) is 0. The van der Waals surface area contributed by atoms with E-state index in [4.69, 9.17) is 13.0 Å². The molecular weight excluding hydrogens is 179 g/mol. The molecule has 0 unspecified atom stereocenters. The zero-order valence-electron chi connectivity index (χ0n) is 6.27. The summed E-state index contributed by atoms with van der Waals surface area (Å²) in [7, 11) is -6.09. The van der Waals surface area contributed by atoms with E-state index in [-0.39, 0.29) is 49.8 Å². The molecule has 0 aromatic carbocycles. The number of rotatable bonds is 0. The van der Waals surface area contributed by atoms with Gasteiger partial charge in [-0.15, -0.1) is 0 Å².